The molecule has 0 bridgehead atoms. The van der Waals surface area contributed by atoms with Gasteiger partial charge >= 0.3 is 0 Å². The number of rotatable bonds is 3. The van der Waals surface area contributed by atoms with Crippen LogP contribution in [0.5, 0.6) is 5.75 Å². The molecule has 0 fully saturated rings. The highest BCUT2D eigenvalue weighted by Gasteiger charge is 2.43. The van der Waals surface area contributed by atoms with E-state index in [2.05, 4.69) is 36.4 Å². The maximum atomic E-state index is 13.3. The highest BCUT2D eigenvalue weighted by molar-refractivity contribution is 6.05. The van der Waals surface area contributed by atoms with E-state index in [9.17, 15) is 4.79 Å². The van der Waals surface area contributed by atoms with Crippen molar-refractivity contribution >= 4 is 22.3 Å². The molecular formula is C27H20N2O2. The van der Waals surface area contributed by atoms with E-state index >= 15 is 0 Å². The molecule has 0 amide bonds. The number of carbonyl (C=O) groups is 1. The fourth-order valence-electron chi connectivity index (χ4n) is 4.50. The molecule has 2 aliphatic heterocycles. The van der Waals surface area contributed by atoms with Gasteiger partial charge in [0.2, 0.25) is 5.78 Å². The summed E-state index contributed by atoms with van der Waals surface area (Å²) in [5, 5.41) is 9.15. The zero-order valence-electron chi connectivity index (χ0n) is 16.8. The molecule has 0 saturated heterocycles. The topological polar surface area (TPSA) is 41.9 Å². The van der Waals surface area contributed by atoms with Crippen molar-refractivity contribution in [3.8, 4) is 5.75 Å². The van der Waals surface area contributed by atoms with Gasteiger partial charge < -0.3 is 4.74 Å². The Balaban J connectivity index is 1.43. The third-order valence-electron chi connectivity index (χ3n) is 6.06. The third kappa shape index (κ3) is 2.99. The summed E-state index contributed by atoms with van der Waals surface area (Å²) in [5.74, 6) is 0.677. The Morgan fingerprint density at radius 1 is 0.839 bits per heavy atom. The molecule has 0 aliphatic carbocycles. The van der Waals surface area contributed by atoms with Gasteiger partial charge in [0.25, 0.3) is 6.23 Å². The standard InChI is InChI=1S/C27H20N2O2/c30-26(19-9-2-1-3-10-19)27-29-24(22-12-6-7-13-25(22)31-27)17-23(28-29)21-15-14-18-8-4-5-11-20(18)16-21/h1-16,24,27H,17H2/t24-,27+/m1/s1. The number of ether oxygens (including phenoxy) is 1. The average Bonchev–Trinajstić information content (AvgIpc) is 3.29. The van der Waals surface area contributed by atoms with Crippen LogP contribution >= 0.6 is 0 Å². The van der Waals surface area contributed by atoms with Gasteiger partial charge in [0.1, 0.15) is 5.75 Å². The van der Waals surface area contributed by atoms with Gasteiger partial charge in [0.05, 0.1) is 11.8 Å². The molecule has 4 aromatic rings. The predicted molar refractivity (Wildman–Crippen MR) is 121 cm³/mol. The number of Topliss-reactive ketones (excluding diaryl/α,β-unsaturated/α-hetero) is 1. The van der Waals surface area contributed by atoms with Crippen LogP contribution < -0.4 is 4.74 Å². The van der Waals surface area contributed by atoms with Crippen LogP contribution in [0.1, 0.15) is 33.9 Å². The molecule has 2 aliphatic rings. The normalized spacial score (nSPS) is 19.4. The predicted octanol–water partition coefficient (Wildman–Crippen LogP) is 5.59. The van der Waals surface area contributed by atoms with E-state index in [1.165, 1.54) is 10.8 Å². The lowest BCUT2D eigenvalue weighted by Crippen LogP contribution is -2.45. The van der Waals surface area contributed by atoms with Crippen molar-refractivity contribution in [1.29, 1.82) is 0 Å². The maximum Gasteiger partial charge on any atom is 0.251 e. The van der Waals surface area contributed by atoms with Gasteiger partial charge in [-0.3, -0.25) is 4.79 Å². The number of fused-ring (bicyclic) bond motifs is 4. The van der Waals surface area contributed by atoms with E-state index in [0.717, 1.165) is 29.0 Å². The summed E-state index contributed by atoms with van der Waals surface area (Å²) < 4.78 is 6.19. The lowest BCUT2D eigenvalue weighted by Gasteiger charge is -2.37. The number of hydrogen-bond acceptors (Lipinski definition) is 4. The zero-order valence-corrected chi connectivity index (χ0v) is 16.8. The van der Waals surface area contributed by atoms with Crippen molar-refractivity contribution in [3.63, 3.8) is 0 Å². The average molecular weight is 404 g/mol. The third-order valence-corrected chi connectivity index (χ3v) is 6.06. The highest BCUT2D eigenvalue weighted by Crippen LogP contribution is 2.43. The minimum atomic E-state index is -0.778. The summed E-state index contributed by atoms with van der Waals surface area (Å²) in [4.78, 5) is 13.3. The number of hydrogen-bond donors (Lipinski definition) is 0. The molecule has 2 atom stereocenters. The number of ketones is 1. The molecule has 0 radical (unpaired) electrons. The van der Waals surface area contributed by atoms with Gasteiger partial charge in [0, 0.05) is 17.5 Å². The highest BCUT2D eigenvalue weighted by atomic mass is 16.5. The fraction of sp³-hybridized carbons (Fsp3) is 0.111. The number of benzene rings is 4. The van der Waals surface area contributed by atoms with Gasteiger partial charge in [-0.15, -0.1) is 0 Å². The Kier molecular flexibility index (Phi) is 4.10. The van der Waals surface area contributed by atoms with Crippen LogP contribution in [-0.4, -0.2) is 22.7 Å². The van der Waals surface area contributed by atoms with Crippen molar-refractivity contribution < 1.29 is 9.53 Å². The molecule has 0 aromatic heterocycles. The molecule has 4 nitrogen and oxygen atoms in total. The van der Waals surface area contributed by atoms with Crippen LogP contribution in [0.3, 0.4) is 0 Å². The van der Waals surface area contributed by atoms with E-state index in [1.807, 2.05) is 65.7 Å². The minimum Gasteiger partial charge on any atom is -0.461 e. The summed E-state index contributed by atoms with van der Waals surface area (Å²) in [6.45, 7) is 0. The monoisotopic (exact) mass is 404 g/mol. The zero-order chi connectivity index (χ0) is 20.8. The van der Waals surface area contributed by atoms with Crippen LogP contribution in [0.4, 0.5) is 0 Å². The minimum absolute atomic E-state index is 0.0240. The smallest absolute Gasteiger partial charge is 0.251 e. The van der Waals surface area contributed by atoms with Gasteiger partial charge in [0.15, 0.2) is 0 Å². The van der Waals surface area contributed by atoms with Crippen molar-refractivity contribution in [2.24, 2.45) is 5.10 Å². The Bertz CT molecular complexity index is 1330. The van der Waals surface area contributed by atoms with E-state index in [4.69, 9.17) is 9.84 Å². The van der Waals surface area contributed by atoms with Crippen LogP contribution in [-0.2, 0) is 0 Å². The largest absolute Gasteiger partial charge is 0.461 e. The van der Waals surface area contributed by atoms with E-state index in [1.54, 1.807) is 0 Å². The van der Waals surface area contributed by atoms with Crippen molar-refractivity contribution in [1.82, 2.24) is 5.01 Å². The first-order chi connectivity index (χ1) is 15.3. The second kappa shape index (κ2) is 7.10. The molecule has 0 unspecified atom stereocenters. The second-order valence-electron chi connectivity index (χ2n) is 7.95. The Morgan fingerprint density at radius 3 is 2.45 bits per heavy atom. The maximum absolute atomic E-state index is 13.3. The summed E-state index contributed by atoms with van der Waals surface area (Å²) in [6.07, 6.45) is -0.0441. The summed E-state index contributed by atoms with van der Waals surface area (Å²) in [5.41, 5.74) is 3.75. The first-order valence-electron chi connectivity index (χ1n) is 10.5. The Hall–Kier alpha value is -3.92. The van der Waals surface area contributed by atoms with E-state index < -0.39 is 6.23 Å². The van der Waals surface area contributed by atoms with Crippen LogP contribution in [0, 0.1) is 0 Å². The van der Waals surface area contributed by atoms with Gasteiger partial charge in [-0.2, -0.15) is 5.10 Å². The van der Waals surface area contributed by atoms with Gasteiger partial charge in [-0.25, -0.2) is 5.01 Å². The number of hydrazone groups is 1. The molecule has 0 N–H and O–H groups in total. The van der Waals surface area contributed by atoms with Crippen LogP contribution in [0.15, 0.2) is 102 Å². The van der Waals surface area contributed by atoms with Crippen LogP contribution in [0.25, 0.3) is 10.8 Å². The van der Waals surface area contributed by atoms with Gasteiger partial charge in [-0.05, 0) is 28.5 Å². The first-order valence-corrected chi connectivity index (χ1v) is 10.5. The lowest BCUT2D eigenvalue weighted by molar-refractivity contribution is -0.00455. The second-order valence-corrected chi connectivity index (χ2v) is 7.95. The molecule has 4 aromatic carbocycles. The lowest BCUT2D eigenvalue weighted by atomic mass is 9.95. The molecule has 6 rings (SSSR count). The SMILES string of the molecule is O=C(c1ccccc1)[C@@H]1Oc2ccccc2[C@H]2CC(c3ccc4ccccc4c3)=NN21. The molecule has 31 heavy (non-hydrogen) atoms. The van der Waals surface area contributed by atoms with E-state index in [-0.39, 0.29) is 11.8 Å². The number of nitrogens with zero attached hydrogens (tertiary/aromatic N) is 2. The van der Waals surface area contributed by atoms with Gasteiger partial charge in [-0.1, -0.05) is 84.9 Å². The van der Waals surface area contributed by atoms with Crippen molar-refractivity contribution in [3.05, 3.63) is 114 Å². The Labute approximate surface area is 180 Å². The van der Waals surface area contributed by atoms with Crippen molar-refractivity contribution in [2.75, 3.05) is 0 Å². The molecule has 0 spiro atoms. The summed E-state index contributed by atoms with van der Waals surface area (Å²) in [6, 6.07) is 31.9. The first kappa shape index (κ1) is 17.9. The molecule has 150 valence electrons. The van der Waals surface area contributed by atoms with Crippen LogP contribution in [0.2, 0.25) is 0 Å². The summed E-state index contributed by atoms with van der Waals surface area (Å²) >= 11 is 0. The van der Waals surface area contributed by atoms with Crippen molar-refractivity contribution in [2.45, 2.75) is 18.7 Å². The quantitative estimate of drug-likeness (QED) is 0.418. The summed E-state index contributed by atoms with van der Waals surface area (Å²) in [7, 11) is 0. The number of para-hydroxylation sites is 1. The molecule has 4 heteroatoms. The molecule has 2 heterocycles. The fourth-order valence-corrected chi connectivity index (χ4v) is 4.50. The Morgan fingerprint density at radius 2 is 1.58 bits per heavy atom. The molecular weight excluding hydrogens is 384 g/mol. The number of carbonyl (C=O) groups excluding carboxylic acids is 1. The van der Waals surface area contributed by atoms with E-state index in [0.29, 0.717) is 5.56 Å². The molecule has 0 saturated carbocycles.